The number of thioether (sulfide) groups is 1. The Bertz CT molecular complexity index is 1210. The summed E-state index contributed by atoms with van der Waals surface area (Å²) in [7, 11) is 1.59. The Morgan fingerprint density at radius 2 is 2.12 bits per heavy atom. The lowest BCUT2D eigenvalue weighted by Gasteiger charge is -2.42. The highest BCUT2D eigenvalue weighted by molar-refractivity contribution is 9.10. The van der Waals surface area contributed by atoms with Crippen molar-refractivity contribution < 1.29 is 9.53 Å². The van der Waals surface area contributed by atoms with Gasteiger partial charge in [0.15, 0.2) is 10.1 Å². The van der Waals surface area contributed by atoms with Crippen LogP contribution >= 0.6 is 39.0 Å². The molecule has 7 nitrogen and oxygen atoms in total. The molecule has 166 valence electrons. The number of carbonyl (C=O) groups excluding carboxylic acids is 1. The average Bonchev–Trinajstić information content (AvgIpc) is 3.20. The van der Waals surface area contributed by atoms with Crippen LogP contribution in [0.25, 0.3) is 0 Å². The lowest BCUT2D eigenvalue weighted by Crippen LogP contribution is -2.42. The van der Waals surface area contributed by atoms with Gasteiger partial charge in [0.05, 0.1) is 29.1 Å². The molecular weight excluding hydrogens is 510 g/mol. The molecule has 1 atom stereocenters. The molecule has 0 fully saturated rings. The van der Waals surface area contributed by atoms with E-state index in [9.17, 15) is 10.1 Å². The number of ether oxygens (including phenoxy) is 1. The predicted octanol–water partition coefficient (Wildman–Crippen LogP) is 4.97. The highest BCUT2D eigenvalue weighted by Gasteiger charge is 2.45. The highest BCUT2D eigenvalue weighted by atomic mass is 79.9. The van der Waals surface area contributed by atoms with Crippen LogP contribution in [0.4, 0.5) is 5.13 Å². The van der Waals surface area contributed by atoms with E-state index in [1.54, 1.807) is 12.0 Å². The van der Waals surface area contributed by atoms with E-state index in [2.05, 4.69) is 46.0 Å². The van der Waals surface area contributed by atoms with E-state index in [1.165, 1.54) is 23.1 Å². The number of anilines is 1. The van der Waals surface area contributed by atoms with Gasteiger partial charge in [-0.2, -0.15) is 5.26 Å². The van der Waals surface area contributed by atoms with Gasteiger partial charge in [-0.3, -0.25) is 9.69 Å². The Morgan fingerprint density at radius 1 is 1.38 bits per heavy atom. The number of carbonyl (C=O) groups is 1. The van der Waals surface area contributed by atoms with Crippen LogP contribution in [0.2, 0.25) is 0 Å². The average molecular weight is 532 g/mol. The van der Waals surface area contributed by atoms with Gasteiger partial charge in [-0.15, -0.1) is 10.2 Å². The summed E-state index contributed by atoms with van der Waals surface area (Å²) in [5, 5.41) is 19.2. The molecule has 2 aliphatic rings. The maximum Gasteiger partial charge on any atom is 0.219 e. The van der Waals surface area contributed by atoms with Crippen molar-refractivity contribution in [2.45, 2.75) is 36.9 Å². The number of halogens is 1. The molecule has 1 aliphatic carbocycles. The van der Waals surface area contributed by atoms with Gasteiger partial charge in [-0.25, -0.2) is 0 Å². The first-order chi connectivity index (χ1) is 15.2. The molecule has 1 aromatic carbocycles. The summed E-state index contributed by atoms with van der Waals surface area (Å²) in [6.07, 6.45) is 2.96. The summed E-state index contributed by atoms with van der Waals surface area (Å²) >= 11 is 6.41. The molecule has 0 saturated carbocycles. The van der Waals surface area contributed by atoms with Gasteiger partial charge in [-0.05, 0) is 51.7 Å². The Hall–Kier alpha value is -2.35. The van der Waals surface area contributed by atoms with Crippen LogP contribution in [0, 0.1) is 16.7 Å². The minimum Gasteiger partial charge on any atom is -0.496 e. The normalized spacial score (nSPS) is 20.3. The van der Waals surface area contributed by atoms with Crippen molar-refractivity contribution >= 4 is 49.9 Å². The van der Waals surface area contributed by atoms with Crippen molar-refractivity contribution in [3.05, 3.63) is 50.9 Å². The quantitative estimate of drug-likeness (QED) is 0.551. The smallest absolute Gasteiger partial charge is 0.219 e. The molecule has 4 rings (SSSR count). The number of nitrogens with two attached hydrogens (primary N) is 1. The fraction of sp³-hybridized carbons (Fsp3) is 0.364. The fourth-order valence-electron chi connectivity index (χ4n) is 4.30. The van der Waals surface area contributed by atoms with Crippen LogP contribution in [-0.4, -0.2) is 29.3 Å². The van der Waals surface area contributed by atoms with Crippen molar-refractivity contribution in [2.75, 3.05) is 18.3 Å². The number of allylic oxidation sites excluding steroid dienone is 3. The molecule has 1 aromatic heterocycles. The van der Waals surface area contributed by atoms with E-state index in [0.717, 1.165) is 20.1 Å². The van der Waals surface area contributed by atoms with E-state index >= 15 is 0 Å². The zero-order chi connectivity index (χ0) is 23.2. The maximum absolute atomic E-state index is 13.5. The number of benzene rings is 1. The number of hydrogen-bond donors (Lipinski definition) is 1. The van der Waals surface area contributed by atoms with Crippen LogP contribution in [0.1, 0.15) is 38.2 Å². The summed E-state index contributed by atoms with van der Waals surface area (Å²) in [5.41, 5.74) is 8.91. The van der Waals surface area contributed by atoms with Crippen LogP contribution < -0.4 is 15.4 Å². The van der Waals surface area contributed by atoms with E-state index < -0.39 is 5.92 Å². The Labute approximate surface area is 203 Å². The molecule has 1 aliphatic heterocycles. The van der Waals surface area contributed by atoms with E-state index in [1.807, 2.05) is 24.5 Å². The molecular formula is C22H22BrN5O2S2. The molecule has 0 spiro atoms. The first-order valence-corrected chi connectivity index (χ1v) is 12.7. The number of nitrogens with zero attached hydrogens (tertiary/aromatic N) is 4. The standard InChI is InChI=1S/C22H22BrN5O2S2/c1-22(2)8-14-18(15(29)9-22)17(11-5-6-16(30-3)13(23)7-11)12(10-24)19(25)28(14)20-26-27-21(31-4)32-20/h5-7,17H,8-9,25H2,1-4H3. The lowest BCUT2D eigenvalue weighted by atomic mass is 9.68. The molecule has 0 amide bonds. The summed E-state index contributed by atoms with van der Waals surface area (Å²) in [4.78, 5) is 15.3. The van der Waals surface area contributed by atoms with Crippen molar-refractivity contribution in [1.82, 2.24) is 10.2 Å². The molecule has 1 unspecified atom stereocenters. The predicted molar refractivity (Wildman–Crippen MR) is 129 cm³/mol. The summed E-state index contributed by atoms with van der Waals surface area (Å²) in [6, 6.07) is 7.86. The van der Waals surface area contributed by atoms with Gasteiger partial charge >= 0.3 is 0 Å². The number of ketones is 1. The maximum atomic E-state index is 13.5. The van der Waals surface area contributed by atoms with Gasteiger partial charge in [-0.1, -0.05) is 43.0 Å². The monoisotopic (exact) mass is 531 g/mol. The Morgan fingerprint density at radius 3 is 2.72 bits per heavy atom. The minimum absolute atomic E-state index is 0.0213. The van der Waals surface area contributed by atoms with Crippen LogP contribution in [-0.2, 0) is 4.79 Å². The van der Waals surface area contributed by atoms with E-state index in [0.29, 0.717) is 34.9 Å². The van der Waals surface area contributed by atoms with Gasteiger partial charge in [0.25, 0.3) is 0 Å². The third-order valence-corrected chi connectivity index (χ3v) is 8.16. The van der Waals surface area contributed by atoms with Gasteiger partial charge < -0.3 is 10.5 Å². The molecule has 10 heteroatoms. The number of hydrogen-bond acceptors (Lipinski definition) is 9. The SMILES string of the molecule is COc1ccc(C2C(C#N)=C(N)N(c3nnc(SC)s3)C3=C2C(=O)CC(C)(C)C3)cc1Br. The molecule has 32 heavy (non-hydrogen) atoms. The van der Waals surface area contributed by atoms with Crippen LogP contribution in [0.3, 0.4) is 0 Å². The first-order valence-electron chi connectivity index (χ1n) is 9.87. The van der Waals surface area contributed by atoms with Crippen molar-refractivity contribution in [2.24, 2.45) is 11.1 Å². The van der Waals surface area contributed by atoms with Gasteiger partial charge in [0, 0.05) is 17.7 Å². The van der Waals surface area contributed by atoms with Crippen LogP contribution in [0.15, 0.2) is 49.7 Å². The molecule has 0 radical (unpaired) electrons. The second-order valence-electron chi connectivity index (χ2n) is 8.43. The minimum atomic E-state index is -0.551. The molecule has 2 heterocycles. The third kappa shape index (κ3) is 3.83. The summed E-state index contributed by atoms with van der Waals surface area (Å²) in [6.45, 7) is 4.14. The molecule has 0 bridgehead atoms. The summed E-state index contributed by atoms with van der Waals surface area (Å²) < 4.78 is 6.89. The van der Waals surface area contributed by atoms with Crippen LogP contribution in [0.5, 0.6) is 5.75 Å². The zero-order valence-corrected chi connectivity index (χ0v) is 21.3. The number of Topliss-reactive ketones (excluding diaryl/α,β-unsaturated/α-hetero) is 1. The number of rotatable bonds is 4. The Kier molecular flexibility index (Phi) is 6.09. The summed E-state index contributed by atoms with van der Waals surface area (Å²) in [5.74, 6) is 0.431. The number of aromatic nitrogens is 2. The number of nitriles is 1. The van der Waals surface area contributed by atoms with E-state index in [-0.39, 0.29) is 17.0 Å². The van der Waals surface area contributed by atoms with Crippen molar-refractivity contribution in [3.63, 3.8) is 0 Å². The van der Waals surface area contributed by atoms with Gasteiger partial charge in [0.2, 0.25) is 5.13 Å². The second kappa shape index (κ2) is 8.54. The Balaban J connectivity index is 1.97. The number of methoxy groups -OCH3 is 1. The fourth-order valence-corrected chi connectivity index (χ4v) is 6.16. The second-order valence-corrected chi connectivity index (χ2v) is 11.3. The zero-order valence-electron chi connectivity index (χ0n) is 18.1. The molecule has 2 aromatic rings. The topological polar surface area (TPSA) is 105 Å². The van der Waals surface area contributed by atoms with E-state index in [4.69, 9.17) is 10.5 Å². The van der Waals surface area contributed by atoms with Gasteiger partial charge in [0.1, 0.15) is 11.6 Å². The highest BCUT2D eigenvalue weighted by Crippen LogP contribution is 2.51. The molecule has 0 saturated heterocycles. The first kappa shape index (κ1) is 22.8. The third-order valence-electron chi connectivity index (χ3n) is 5.65. The van der Waals surface area contributed by atoms with Crippen molar-refractivity contribution in [3.8, 4) is 11.8 Å². The lowest BCUT2D eigenvalue weighted by molar-refractivity contribution is -0.118. The largest absolute Gasteiger partial charge is 0.496 e. The van der Waals surface area contributed by atoms with Crippen molar-refractivity contribution in [1.29, 1.82) is 5.26 Å². The molecule has 2 N–H and O–H groups in total.